The number of nitrogens with zero attached hydrogens (tertiary/aromatic N) is 4. The van der Waals surface area contributed by atoms with Crippen LogP contribution < -0.4 is 10.2 Å². The molecule has 3 fully saturated rings. The highest BCUT2D eigenvalue weighted by Gasteiger charge is 2.35. The van der Waals surface area contributed by atoms with Crippen molar-refractivity contribution in [3.05, 3.63) is 30.1 Å². The zero-order valence-corrected chi connectivity index (χ0v) is 20.8. The van der Waals surface area contributed by atoms with Crippen LogP contribution in [-0.4, -0.2) is 74.5 Å². The normalized spacial score (nSPS) is 23.9. The molecule has 1 aromatic carbocycles. The van der Waals surface area contributed by atoms with E-state index in [0.717, 1.165) is 49.7 Å². The summed E-state index contributed by atoms with van der Waals surface area (Å²) in [5.74, 6) is 2.54. The van der Waals surface area contributed by atoms with Gasteiger partial charge in [-0.1, -0.05) is 12.8 Å². The number of guanidine groups is 1. The lowest BCUT2D eigenvalue weighted by Crippen LogP contribution is -2.49. The van der Waals surface area contributed by atoms with Gasteiger partial charge in [0.1, 0.15) is 5.82 Å². The molecule has 1 aromatic rings. The predicted molar refractivity (Wildman–Crippen MR) is 134 cm³/mol. The number of hydrogen-bond donors (Lipinski definition) is 1. The minimum absolute atomic E-state index is 0. The average Bonchev–Trinajstić information content (AvgIpc) is 3.21. The van der Waals surface area contributed by atoms with Gasteiger partial charge in [-0.05, 0) is 48.9 Å². The molecule has 1 N–H and O–H groups in total. The van der Waals surface area contributed by atoms with E-state index in [4.69, 9.17) is 0 Å². The lowest BCUT2D eigenvalue weighted by Gasteiger charge is -2.36. The Morgan fingerprint density at radius 2 is 1.65 bits per heavy atom. The molecule has 31 heavy (non-hydrogen) atoms. The van der Waals surface area contributed by atoms with Gasteiger partial charge < -0.3 is 20.0 Å². The van der Waals surface area contributed by atoms with Crippen LogP contribution in [0.5, 0.6) is 0 Å². The molecule has 0 radical (unpaired) electrons. The molecular formula is C23H35FIN5O. The largest absolute Gasteiger partial charge is 0.368 e. The first-order chi connectivity index (χ1) is 14.6. The van der Waals surface area contributed by atoms with Gasteiger partial charge in [0, 0.05) is 65.0 Å². The summed E-state index contributed by atoms with van der Waals surface area (Å²) >= 11 is 0. The number of aliphatic imine (C=N–C) groups is 1. The molecule has 1 saturated carbocycles. The summed E-state index contributed by atoms with van der Waals surface area (Å²) in [6, 6.07) is 6.58. The van der Waals surface area contributed by atoms with E-state index >= 15 is 0 Å². The van der Waals surface area contributed by atoms with Gasteiger partial charge in [-0.25, -0.2) is 4.39 Å². The van der Waals surface area contributed by atoms with Crippen LogP contribution in [0.25, 0.3) is 0 Å². The number of fused-ring (bicyclic) bond motifs is 1. The number of halogens is 2. The topological polar surface area (TPSA) is 51.2 Å². The molecule has 4 rings (SSSR count). The van der Waals surface area contributed by atoms with E-state index in [1.54, 1.807) is 12.1 Å². The molecule has 2 unspecified atom stereocenters. The number of anilines is 1. The van der Waals surface area contributed by atoms with E-state index < -0.39 is 0 Å². The average molecular weight is 543 g/mol. The lowest BCUT2D eigenvalue weighted by molar-refractivity contribution is -0.131. The summed E-state index contributed by atoms with van der Waals surface area (Å²) in [6.07, 6.45) is 5.91. The summed E-state index contributed by atoms with van der Waals surface area (Å²) in [7, 11) is 1.83. The number of hydrogen-bond acceptors (Lipinski definition) is 3. The van der Waals surface area contributed by atoms with Crippen molar-refractivity contribution in [1.82, 2.24) is 15.1 Å². The van der Waals surface area contributed by atoms with Crippen LogP contribution in [0.3, 0.4) is 0 Å². The third-order valence-electron chi connectivity index (χ3n) is 6.93. The number of likely N-dealkylation sites (tertiary alicyclic amines) is 1. The maximum Gasteiger partial charge on any atom is 0.224 e. The Bertz CT molecular complexity index is 737. The van der Waals surface area contributed by atoms with Crippen LogP contribution >= 0.6 is 24.0 Å². The highest BCUT2D eigenvalue weighted by Crippen LogP contribution is 2.35. The standard InChI is InChI=1S/C23H34FN5O.HI/c1-25-23(29-16-18-4-2-3-5-19(18)17-29)26-11-10-22(30)28-14-12-27(13-15-28)21-8-6-20(24)7-9-21;/h6-9,18-19H,2-5,10-17H2,1H3,(H,25,26);1H. The Labute approximate surface area is 202 Å². The second kappa shape index (κ2) is 11.3. The van der Waals surface area contributed by atoms with E-state index in [2.05, 4.69) is 20.1 Å². The first-order valence-electron chi connectivity index (χ1n) is 11.4. The predicted octanol–water partition coefficient (Wildman–Crippen LogP) is 3.18. The molecule has 1 aliphatic carbocycles. The fourth-order valence-electron chi connectivity index (χ4n) is 5.22. The van der Waals surface area contributed by atoms with Gasteiger partial charge in [0.15, 0.2) is 5.96 Å². The summed E-state index contributed by atoms with van der Waals surface area (Å²) < 4.78 is 13.1. The van der Waals surface area contributed by atoms with Gasteiger partial charge in [0.05, 0.1) is 0 Å². The van der Waals surface area contributed by atoms with Crippen LogP contribution in [0, 0.1) is 17.7 Å². The number of benzene rings is 1. The minimum atomic E-state index is -0.220. The van der Waals surface area contributed by atoms with Gasteiger partial charge in [0.25, 0.3) is 0 Å². The van der Waals surface area contributed by atoms with Crippen molar-refractivity contribution < 1.29 is 9.18 Å². The van der Waals surface area contributed by atoms with E-state index in [0.29, 0.717) is 26.1 Å². The van der Waals surface area contributed by atoms with E-state index in [-0.39, 0.29) is 35.7 Å². The van der Waals surface area contributed by atoms with Gasteiger partial charge in [-0.2, -0.15) is 0 Å². The minimum Gasteiger partial charge on any atom is -0.368 e. The van der Waals surface area contributed by atoms with Crippen LogP contribution in [0.2, 0.25) is 0 Å². The molecule has 2 atom stereocenters. The summed E-state index contributed by atoms with van der Waals surface area (Å²) in [5.41, 5.74) is 1.01. The van der Waals surface area contributed by atoms with Crippen molar-refractivity contribution in [2.45, 2.75) is 32.1 Å². The zero-order chi connectivity index (χ0) is 20.9. The van der Waals surface area contributed by atoms with Crippen molar-refractivity contribution >= 4 is 41.5 Å². The Balaban J connectivity index is 0.00000272. The van der Waals surface area contributed by atoms with Crippen LogP contribution in [0.15, 0.2) is 29.3 Å². The highest BCUT2D eigenvalue weighted by molar-refractivity contribution is 14.0. The van der Waals surface area contributed by atoms with Crippen LogP contribution in [-0.2, 0) is 4.79 Å². The van der Waals surface area contributed by atoms with Gasteiger partial charge in [-0.15, -0.1) is 24.0 Å². The molecule has 0 aromatic heterocycles. The molecule has 0 bridgehead atoms. The van der Waals surface area contributed by atoms with Crippen molar-refractivity contribution in [1.29, 1.82) is 0 Å². The van der Waals surface area contributed by atoms with Gasteiger partial charge in [0.2, 0.25) is 5.91 Å². The monoisotopic (exact) mass is 543 g/mol. The number of carbonyl (C=O) groups is 1. The molecular weight excluding hydrogens is 508 g/mol. The van der Waals surface area contributed by atoms with Crippen molar-refractivity contribution in [2.75, 3.05) is 57.8 Å². The quantitative estimate of drug-likeness (QED) is 0.360. The Morgan fingerprint density at radius 3 is 2.23 bits per heavy atom. The van der Waals surface area contributed by atoms with E-state index in [9.17, 15) is 9.18 Å². The van der Waals surface area contributed by atoms with Crippen molar-refractivity contribution in [2.24, 2.45) is 16.8 Å². The number of amides is 1. The number of nitrogens with one attached hydrogen (secondary N) is 1. The molecule has 8 heteroatoms. The Kier molecular flexibility index (Phi) is 8.80. The number of carbonyl (C=O) groups excluding carboxylic acids is 1. The number of rotatable bonds is 4. The smallest absolute Gasteiger partial charge is 0.224 e. The first-order valence-corrected chi connectivity index (χ1v) is 11.4. The summed E-state index contributed by atoms with van der Waals surface area (Å²) in [6.45, 7) is 5.80. The molecule has 2 saturated heterocycles. The molecule has 2 heterocycles. The zero-order valence-electron chi connectivity index (χ0n) is 18.4. The maximum absolute atomic E-state index is 13.1. The molecule has 3 aliphatic rings. The van der Waals surface area contributed by atoms with Crippen LogP contribution in [0.1, 0.15) is 32.1 Å². The molecule has 172 valence electrons. The summed E-state index contributed by atoms with van der Waals surface area (Å²) in [5, 5.41) is 3.41. The molecule has 0 spiro atoms. The second-order valence-corrected chi connectivity index (χ2v) is 8.78. The Hall–Kier alpha value is -1.58. The third-order valence-corrected chi connectivity index (χ3v) is 6.93. The highest BCUT2D eigenvalue weighted by atomic mass is 127. The Morgan fingerprint density at radius 1 is 1.03 bits per heavy atom. The number of piperazine rings is 1. The van der Waals surface area contributed by atoms with Gasteiger partial charge >= 0.3 is 0 Å². The molecule has 6 nitrogen and oxygen atoms in total. The summed E-state index contributed by atoms with van der Waals surface area (Å²) in [4.78, 5) is 23.6. The van der Waals surface area contributed by atoms with Crippen molar-refractivity contribution in [3.63, 3.8) is 0 Å². The van der Waals surface area contributed by atoms with E-state index in [1.165, 1.54) is 37.8 Å². The van der Waals surface area contributed by atoms with Crippen molar-refractivity contribution in [3.8, 4) is 0 Å². The first kappa shape index (κ1) is 24.1. The molecule has 2 aliphatic heterocycles. The lowest BCUT2D eigenvalue weighted by atomic mass is 9.82. The third kappa shape index (κ3) is 6.02. The van der Waals surface area contributed by atoms with E-state index in [1.807, 2.05) is 11.9 Å². The SMILES string of the molecule is CN=C(NCCC(=O)N1CCN(c2ccc(F)cc2)CC1)N1CC2CCCCC2C1.I. The molecule has 1 amide bonds. The van der Waals surface area contributed by atoms with Crippen LogP contribution in [0.4, 0.5) is 10.1 Å². The fraction of sp³-hybridized carbons (Fsp3) is 0.652. The maximum atomic E-state index is 13.1. The van der Waals surface area contributed by atoms with Gasteiger partial charge in [-0.3, -0.25) is 9.79 Å². The second-order valence-electron chi connectivity index (χ2n) is 8.78. The fourth-order valence-corrected chi connectivity index (χ4v) is 5.22.